The summed E-state index contributed by atoms with van der Waals surface area (Å²) in [7, 11) is 1.67. The quantitative estimate of drug-likeness (QED) is 0.718. The van der Waals surface area contributed by atoms with E-state index in [1.807, 2.05) is 23.1 Å². The Bertz CT molecular complexity index is 571. The van der Waals surface area contributed by atoms with Crippen molar-refractivity contribution >= 4 is 5.91 Å². The molecule has 0 radical (unpaired) electrons. The van der Waals surface area contributed by atoms with Crippen molar-refractivity contribution in [1.29, 1.82) is 0 Å². The monoisotopic (exact) mass is 330 g/mol. The van der Waals surface area contributed by atoms with E-state index < -0.39 is 0 Å². The Morgan fingerprint density at radius 1 is 1.42 bits per heavy atom. The number of carbonyl (C=O) groups is 1. The fourth-order valence-electron chi connectivity index (χ4n) is 3.39. The lowest BCUT2D eigenvalue weighted by Gasteiger charge is -2.30. The summed E-state index contributed by atoms with van der Waals surface area (Å²) < 4.78 is 5.28. The van der Waals surface area contributed by atoms with Gasteiger partial charge in [0.15, 0.2) is 0 Å². The van der Waals surface area contributed by atoms with E-state index in [1.54, 1.807) is 7.11 Å². The van der Waals surface area contributed by atoms with Crippen molar-refractivity contribution in [2.75, 3.05) is 26.7 Å². The van der Waals surface area contributed by atoms with Gasteiger partial charge in [-0.3, -0.25) is 9.69 Å². The van der Waals surface area contributed by atoms with E-state index in [1.165, 1.54) is 5.57 Å². The number of nitrogens with zero attached hydrogens (tertiary/aromatic N) is 2. The molecule has 1 aromatic rings. The number of likely N-dealkylation sites (tertiary alicyclic amines) is 1. The highest BCUT2D eigenvalue weighted by molar-refractivity contribution is 5.76. The highest BCUT2D eigenvalue weighted by atomic mass is 16.5. The van der Waals surface area contributed by atoms with Crippen LogP contribution in [0.1, 0.15) is 38.7 Å². The van der Waals surface area contributed by atoms with Crippen LogP contribution in [0.15, 0.2) is 36.4 Å². The number of rotatable bonds is 7. The number of hydrogen-bond acceptors (Lipinski definition) is 3. The fourth-order valence-corrected chi connectivity index (χ4v) is 3.39. The Morgan fingerprint density at radius 3 is 2.88 bits per heavy atom. The lowest BCUT2D eigenvalue weighted by atomic mass is 10.1. The molecular weight excluding hydrogens is 300 g/mol. The van der Waals surface area contributed by atoms with Crippen LogP contribution in [0.5, 0.6) is 5.75 Å². The fraction of sp³-hybridized carbons (Fsp3) is 0.550. The average molecular weight is 330 g/mol. The Hall–Kier alpha value is -1.81. The van der Waals surface area contributed by atoms with Crippen molar-refractivity contribution < 1.29 is 9.53 Å². The molecule has 0 aromatic heterocycles. The Labute approximate surface area is 146 Å². The SMILES string of the molecule is C=C(C)CN(CC)C1CCC(=O)N(Cc2cccc(OC)c2)CC1. The minimum atomic E-state index is 0.256. The molecule has 1 atom stereocenters. The van der Waals surface area contributed by atoms with Gasteiger partial charge in [-0.2, -0.15) is 0 Å². The zero-order valence-electron chi connectivity index (χ0n) is 15.3. The van der Waals surface area contributed by atoms with Crippen LogP contribution in [0.4, 0.5) is 0 Å². The van der Waals surface area contributed by atoms with E-state index in [0.29, 0.717) is 19.0 Å². The maximum Gasteiger partial charge on any atom is 0.222 e. The maximum atomic E-state index is 12.5. The van der Waals surface area contributed by atoms with E-state index in [4.69, 9.17) is 4.74 Å². The normalized spacial score (nSPS) is 18.6. The van der Waals surface area contributed by atoms with Gasteiger partial charge in [-0.25, -0.2) is 0 Å². The maximum absolute atomic E-state index is 12.5. The van der Waals surface area contributed by atoms with Crippen molar-refractivity contribution in [1.82, 2.24) is 9.80 Å². The topological polar surface area (TPSA) is 32.8 Å². The molecule has 0 saturated carbocycles. The molecule has 2 rings (SSSR count). The number of methoxy groups -OCH3 is 1. The van der Waals surface area contributed by atoms with Gasteiger partial charge in [0.05, 0.1) is 7.11 Å². The molecule has 0 spiro atoms. The van der Waals surface area contributed by atoms with Gasteiger partial charge in [-0.15, -0.1) is 0 Å². The first-order chi connectivity index (χ1) is 11.5. The van der Waals surface area contributed by atoms with Gasteiger partial charge in [-0.1, -0.05) is 31.2 Å². The van der Waals surface area contributed by atoms with Crippen molar-refractivity contribution in [3.63, 3.8) is 0 Å². The minimum Gasteiger partial charge on any atom is -0.497 e. The molecule has 0 bridgehead atoms. The molecule has 1 aliphatic heterocycles. The van der Waals surface area contributed by atoms with Gasteiger partial charge in [-0.05, 0) is 44.0 Å². The summed E-state index contributed by atoms with van der Waals surface area (Å²) in [5.74, 6) is 1.10. The van der Waals surface area contributed by atoms with Crippen LogP contribution in [-0.2, 0) is 11.3 Å². The predicted octanol–water partition coefficient (Wildman–Crippen LogP) is 3.47. The summed E-state index contributed by atoms with van der Waals surface area (Å²) in [6, 6.07) is 8.43. The van der Waals surface area contributed by atoms with E-state index in [9.17, 15) is 4.79 Å². The van der Waals surface area contributed by atoms with Crippen molar-refractivity contribution in [3.8, 4) is 5.75 Å². The number of ether oxygens (including phenoxy) is 1. The Morgan fingerprint density at radius 2 is 2.21 bits per heavy atom. The number of likely N-dealkylation sites (N-methyl/N-ethyl adjacent to an activating group) is 1. The van der Waals surface area contributed by atoms with Gasteiger partial charge >= 0.3 is 0 Å². The smallest absolute Gasteiger partial charge is 0.222 e. The average Bonchev–Trinajstić information content (AvgIpc) is 2.75. The highest BCUT2D eigenvalue weighted by Gasteiger charge is 2.25. The van der Waals surface area contributed by atoms with Crippen molar-refractivity contribution in [3.05, 3.63) is 42.0 Å². The molecule has 1 unspecified atom stereocenters. The van der Waals surface area contributed by atoms with Crippen molar-refractivity contribution in [2.45, 2.75) is 45.7 Å². The molecule has 1 amide bonds. The van der Waals surface area contributed by atoms with Crippen LogP contribution in [0.2, 0.25) is 0 Å². The second-order valence-corrected chi connectivity index (χ2v) is 6.67. The summed E-state index contributed by atoms with van der Waals surface area (Å²) in [6.45, 7) is 11.7. The van der Waals surface area contributed by atoms with Gasteiger partial charge in [0.1, 0.15) is 5.75 Å². The Kier molecular flexibility index (Phi) is 6.85. The molecule has 1 aliphatic rings. The molecule has 1 fully saturated rings. The minimum absolute atomic E-state index is 0.256. The zero-order valence-corrected chi connectivity index (χ0v) is 15.3. The van der Waals surface area contributed by atoms with Crippen LogP contribution in [0.25, 0.3) is 0 Å². The molecule has 4 heteroatoms. The second kappa shape index (κ2) is 8.88. The third kappa shape index (κ3) is 5.10. The van der Waals surface area contributed by atoms with Gasteiger partial charge in [0.2, 0.25) is 5.91 Å². The van der Waals surface area contributed by atoms with E-state index in [2.05, 4.69) is 31.4 Å². The molecular formula is C20H30N2O2. The number of hydrogen-bond donors (Lipinski definition) is 0. The zero-order chi connectivity index (χ0) is 17.5. The number of benzene rings is 1. The molecule has 1 saturated heterocycles. The number of carbonyl (C=O) groups excluding carboxylic acids is 1. The molecule has 1 heterocycles. The van der Waals surface area contributed by atoms with Crippen LogP contribution in [0.3, 0.4) is 0 Å². The van der Waals surface area contributed by atoms with Gasteiger partial charge < -0.3 is 9.64 Å². The van der Waals surface area contributed by atoms with E-state index >= 15 is 0 Å². The van der Waals surface area contributed by atoms with E-state index in [0.717, 1.165) is 43.8 Å². The first-order valence-corrected chi connectivity index (χ1v) is 8.82. The largest absolute Gasteiger partial charge is 0.497 e. The molecule has 24 heavy (non-hydrogen) atoms. The van der Waals surface area contributed by atoms with Crippen LogP contribution >= 0.6 is 0 Å². The summed E-state index contributed by atoms with van der Waals surface area (Å²) in [5.41, 5.74) is 2.30. The predicted molar refractivity (Wildman–Crippen MR) is 98.1 cm³/mol. The third-order valence-electron chi connectivity index (χ3n) is 4.68. The molecule has 132 valence electrons. The highest BCUT2D eigenvalue weighted by Crippen LogP contribution is 2.21. The number of amides is 1. The van der Waals surface area contributed by atoms with Gasteiger partial charge in [0.25, 0.3) is 0 Å². The van der Waals surface area contributed by atoms with Crippen molar-refractivity contribution in [2.24, 2.45) is 0 Å². The second-order valence-electron chi connectivity index (χ2n) is 6.67. The summed E-state index contributed by atoms with van der Waals surface area (Å²) >= 11 is 0. The first kappa shape index (κ1) is 18.5. The summed E-state index contributed by atoms with van der Waals surface area (Å²) in [4.78, 5) is 16.9. The lowest BCUT2D eigenvalue weighted by molar-refractivity contribution is -0.131. The van der Waals surface area contributed by atoms with Crippen LogP contribution in [-0.4, -0.2) is 48.5 Å². The Balaban J connectivity index is 2.00. The van der Waals surface area contributed by atoms with Crippen LogP contribution < -0.4 is 4.74 Å². The lowest BCUT2D eigenvalue weighted by Crippen LogP contribution is -2.37. The summed E-state index contributed by atoms with van der Waals surface area (Å²) in [5, 5.41) is 0. The molecule has 1 aromatic carbocycles. The molecule has 0 aliphatic carbocycles. The van der Waals surface area contributed by atoms with Crippen LogP contribution in [0, 0.1) is 0 Å². The third-order valence-corrected chi connectivity index (χ3v) is 4.68. The molecule has 0 N–H and O–H groups in total. The van der Waals surface area contributed by atoms with E-state index in [-0.39, 0.29) is 5.91 Å². The first-order valence-electron chi connectivity index (χ1n) is 8.82. The molecule has 4 nitrogen and oxygen atoms in total. The standard InChI is InChI=1S/C20H30N2O2/c1-5-21(14-16(2)3)18-9-10-20(23)22(12-11-18)15-17-7-6-8-19(13-17)24-4/h6-8,13,18H,2,5,9-12,14-15H2,1,3-4H3. The van der Waals surface area contributed by atoms with Gasteiger partial charge in [0, 0.05) is 32.1 Å². The summed E-state index contributed by atoms with van der Waals surface area (Å²) in [6.07, 6.45) is 2.59.